The summed E-state index contributed by atoms with van der Waals surface area (Å²) in [5.74, 6) is -0.641. The van der Waals surface area contributed by atoms with E-state index in [0.29, 0.717) is 11.4 Å². The molecule has 4 aromatic rings. The van der Waals surface area contributed by atoms with Crippen LogP contribution in [0.2, 0.25) is 5.02 Å². The number of carbonyl (C=O) groups excluding carboxylic acids is 1. The Kier molecular flexibility index (Phi) is 6.56. The second-order valence-corrected chi connectivity index (χ2v) is 10.1. The number of halogens is 1. The predicted octanol–water partition coefficient (Wildman–Crippen LogP) is 4.50. The molecule has 0 spiro atoms. The Morgan fingerprint density at radius 2 is 1.60 bits per heavy atom. The summed E-state index contributed by atoms with van der Waals surface area (Å²) in [6, 6.07) is 19.6. The maximum Gasteiger partial charge on any atom is 0.295 e. The van der Waals surface area contributed by atoms with Crippen LogP contribution >= 0.6 is 11.6 Å². The number of nitrogens with one attached hydrogen (secondary N) is 2. The van der Waals surface area contributed by atoms with Gasteiger partial charge < -0.3 is 5.32 Å². The van der Waals surface area contributed by atoms with Gasteiger partial charge in [0, 0.05) is 12.7 Å². The highest BCUT2D eigenvalue weighted by Gasteiger charge is 2.21. The average Bonchev–Trinajstić information content (AvgIpc) is 3.04. The topological polar surface area (TPSA) is 102 Å². The van der Waals surface area contributed by atoms with Crippen molar-refractivity contribution in [2.45, 2.75) is 18.7 Å². The number of amides is 1. The van der Waals surface area contributed by atoms with E-state index in [2.05, 4.69) is 10.0 Å². The SMILES string of the molecule is Cc1ccc(S(=O)(=O)Nc2ccc(Cl)c(C(=O)Nc3c(C)n(C)n(-c4ccccc4)c3=O)c2)cc1. The van der Waals surface area contributed by atoms with Crippen molar-refractivity contribution in [2.24, 2.45) is 7.05 Å². The number of anilines is 2. The van der Waals surface area contributed by atoms with Gasteiger partial charge in [-0.3, -0.25) is 19.0 Å². The van der Waals surface area contributed by atoms with E-state index in [1.165, 1.54) is 35.0 Å². The number of hydrogen-bond donors (Lipinski definition) is 2. The Labute approximate surface area is 207 Å². The number of para-hydroxylation sites is 1. The van der Waals surface area contributed by atoms with E-state index in [1.807, 2.05) is 25.1 Å². The van der Waals surface area contributed by atoms with Crippen molar-refractivity contribution in [1.82, 2.24) is 9.36 Å². The van der Waals surface area contributed by atoms with Gasteiger partial charge in [-0.25, -0.2) is 13.1 Å². The number of aromatic nitrogens is 2. The average molecular weight is 511 g/mol. The van der Waals surface area contributed by atoms with Gasteiger partial charge in [-0.2, -0.15) is 0 Å². The summed E-state index contributed by atoms with van der Waals surface area (Å²) in [5, 5.41) is 2.75. The third-order valence-electron chi connectivity index (χ3n) is 5.59. The van der Waals surface area contributed by atoms with Crippen LogP contribution < -0.4 is 15.6 Å². The number of carbonyl (C=O) groups is 1. The predicted molar refractivity (Wildman–Crippen MR) is 137 cm³/mol. The maximum atomic E-state index is 13.1. The maximum absolute atomic E-state index is 13.1. The molecule has 0 aliphatic rings. The molecule has 0 aliphatic carbocycles. The minimum absolute atomic E-state index is 0.0182. The second kappa shape index (κ2) is 9.44. The van der Waals surface area contributed by atoms with E-state index >= 15 is 0 Å². The molecule has 0 unspecified atom stereocenters. The largest absolute Gasteiger partial charge is 0.316 e. The van der Waals surface area contributed by atoms with Gasteiger partial charge in [0.15, 0.2) is 0 Å². The number of hydrogen-bond acceptors (Lipinski definition) is 4. The lowest BCUT2D eigenvalue weighted by Crippen LogP contribution is -2.23. The quantitative estimate of drug-likeness (QED) is 0.398. The Hall–Kier alpha value is -3.82. The number of aryl methyl sites for hydroxylation is 1. The normalized spacial score (nSPS) is 11.3. The van der Waals surface area contributed by atoms with Crippen LogP contribution in [0.5, 0.6) is 0 Å². The van der Waals surface area contributed by atoms with Crippen molar-refractivity contribution in [3.8, 4) is 5.69 Å². The van der Waals surface area contributed by atoms with Crippen LogP contribution in [0.15, 0.2) is 82.5 Å². The van der Waals surface area contributed by atoms with Crippen LogP contribution in [0.4, 0.5) is 11.4 Å². The highest BCUT2D eigenvalue weighted by Crippen LogP contribution is 2.24. The number of rotatable bonds is 6. The van der Waals surface area contributed by atoms with E-state index in [4.69, 9.17) is 11.6 Å². The fourth-order valence-electron chi connectivity index (χ4n) is 3.59. The van der Waals surface area contributed by atoms with Crippen molar-refractivity contribution in [3.05, 3.63) is 105 Å². The molecule has 0 fully saturated rings. The molecular formula is C25H23ClN4O4S. The number of sulfonamides is 1. The van der Waals surface area contributed by atoms with Crippen LogP contribution in [0.1, 0.15) is 21.6 Å². The molecule has 0 aliphatic heterocycles. The molecule has 1 amide bonds. The van der Waals surface area contributed by atoms with Gasteiger partial charge in [0.25, 0.3) is 21.5 Å². The van der Waals surface area contributed by atoms with Crippen molar-refractivity contribution >= 4 is 38.9 Å². The zero-order valence-electron chi connectivity index (χ0n) is 19.2. The van der Waals surface area contributed by atoms with Gasteiger partial charge in [-0.15, -0.1) is 0 Å². The Bertz CT molecular complexity index is 1570. The smallest absolute Gasteiger partial charge is 0.295 e. The summed E-state index contributed by atoms with van der Waals surface area (Å²) < 4.78 is 31.0. The summed E-state index contributed by atoms with van der Waals surface area (Å²) in [4.78, 5) is 26.3. The first-order chi connectivity index (χ1) is 16.6. The number of benzene rings is 3. The zero-order chi connectivity index (χ0) is 25.3. The van der Waals surface area contributed by atoms with Gasteiger partial charge in [-0.1, -0.05) is 47.5 Å². The third-order valence-corrected chi connectivity index (χ3v) is 7.31. The minimum Gasteiger partial charge on any atom is -0.316 e. The van der Waals surface area contributed by atoms with Crippen molar-refractivity contribution < 1.29 is 13.2 Å². The molecule has 8 nitrogen and oxygen atoms in total. The lowest BCUT2D eigenvalue weighted by Gasteiger charge is -2.11. The zero-order valence-corrected chi connectivity index (χ0v) is 20.8. The third kappa shape index (κ3) is 4.87. The first-order valence-corrected chi connectivity index (χ1v) is 12.5. The summed E-state index contributed by atoms with van der Waals surface area (Å²) in [6.45, 7) is 3.57. The molecule has 2 N–H and O–H groups in total. The molecule has 1 heterocycles. The number of nitrogens with zero attached hydrogens (tertiary/aromatic N) is 2. The van der Waals surface area contributed by atoms with Crippen LogP contribution in [0.3, 0.4) is 0 Å². The fourth-order valence-corrected chi connectivity index (χ4v) is 4.84. The molecule has 0 atom stereocenters. The van der Waals surface area contributed by atoms with Gasteiger partial charge in [0.2, 0.25) is 0 Å². The van der Waals surface area contributed by atoms with Crippen LogP contribution in [-0.4, -0.2) is 23.7 Å². The minimum atomic E-state index is -3.87. The Morgan fingerprint density at radius 3 is 2.26 bits per heavy atom. The van der Waals surface area contributed by atoms with Crippen molar-refractivity contribution in [3.63, 3.8) is 0 Å². The van der Waals surface area contributed by atoms with Gasteiger partial charge in [0.1, 0.15) is 5.69 Å². The van der Waals surface area contributed by atoms with Crippen molar-refractivity contribution in [1.29, 1.82) is 0 Å². The highest BCUT2D eigenvalue weighted by atomic mass is 35.5. The highest BCUT2D eigenvalue weighted by molar-refractivity contribution is 7.92. The van der Waals surface area contributed by atoms with Crippen LogP contribution in [-0.2, 0) is 17.1 Å². The second-order valence-electron chi connectivity index (χ2n) is 8.00. The lowest BCUT2D eigenvalue weighted by atomic mass is 10.2. The molecule has 180 valence electrons. The molecule has 0 saturated heterocycles. The van der Waals surface area contributed by atoms with Gasteiger partial charge in [0.05, 0.1) is 26.9 Å². The first kappa shape index (κ1) is 24.3. The molecule has 35 heavy (non-hydrogen) atoms. The summed E-state index contributed by atoms with van der Waals surface area (Å²) in [6.07, 6.45) is 0. The van der Waals surface area contributed by atoms with Gasteiger partial charge in [-0.05, 0) is 56.3 Å². The van der Waals surface area contributed by atoms with Gasteiger partial charge >= 0.3 is 0 Å². The molecule has 1 aromatic heterocycles. The molecule has 10 heteroatoms. The van der Waals surface area contributed by atoms with E-state index in [0.717, 1.165) is 5.56 Å². The molecular weight excluding hydrogens is 488 g/mol. The summed E-state index contributed by atoms with van der Waals surface area (Å²) >= 11 is 6.25. The molecule has 4 rings (SSSR count). The summed E-state index contributed by atoms with van der Waals surface area (Å²) in [5.41, 5.74) is 1.99. The van der Waals surface area contributed by atoms with Crippen LogP contribution in [0, 0.1) is 13.8 Å². The van der Waals surface area contributed by atoms with E-state index in [-0.39, 0.29) is 26.9 Å². The standard InChI is InChI=1S/C25H23ClN4O4S/c1-16-9-12-20(13-10-16)35(33,34)28-18-11-14-22(26)21(15-18)24(31)27-23-17(2)29(3)30(25(23)32)19-7-5-4-6-8-19/h4-15,28H,1-3H3,(H,27,31). The molecule has 3 aromatic carbocycles. The van der Waals surface area contributed by atoms with E-state index < -0.39 is 21.5 Å². The van der Waals surface area contributed by atoms with E-state index in [1.54, 1.807) is 42.9 Å². The summed E-state index contributed by atoms with van der Waals surface area (Å²) in [7, 11) is -2.16. The monoisotopic (exact) mass is 510 g/mol. The fraction of sp³-hybridized carbons (Fsp3) is 0.120. The lowest BCUT2D eigenvalue weighted by molar-refractivity contribution is 0.102. The van der Waals surface area contributed by atoms with Crippen molar-refractivity contribution in [2.75, 3.05) is 10.0 Å². The molecule has 0 saturated carbocycles. The molecule has 0 radical (unpaired) electrons. The van der Waals surface area contributed by atoms with Crippen LogP contribution in [0.25, 0.3) is 5.69 Å². The molecule has 0 bridgehead atoms. The first-order valence-electron chi connectivity index (χ1n) is 10.6. The Balaban J connectivity index is 1.64. The Morgan fingerprint density at radius 1 is 0.943 bits per heavy atom. The van der Waals surface area contributed by atoms with E-state index in [9.17, 15) is 18.0 Å².